The predicted octanol–water partition coefficient (Wildman–Crippen LogP) is 3.10. The van der Waals surface area contributed by atoms with Crippen molar-refractivity contribution < 1.29 is 14.8 Å². The van der Waals surface area contributed by atoms with Crippen LogP contribution in [0.2, 0.25) is 0 Å². The van der Waals surface area contributed by atoms with E-state index in [1.165, 1.54) is 0 Å². The molecule has 0 radical (unpaired) electrons. The minimum atomic E-state index is -0.886. The normalized spacial score (nSPS) is 11.2. The van der Waals surface area contributed by atoms with Gasteiger partial charge in [-0.25, -0.2) is 0 Å². The highest BCUT2D eigenvalue weighted by atomic mass is 16.6. The van der Waals surface area contributed by atoms with Crippen molar-refractivity contribution in [1.29, 1.82) is 0 Å². The van der Waals surface area contributed by atoms with Crippen molar-refractivity contribution >= 4 is 17.1 Å². The summed E-state index contributed by atoms with van der Waals surface area (Å²) in [7, 11) is 0. The second kappa shape index (κ2) is 5.19. The van der Waals surface area contributed by atoms with Crippen LogP contribution in [0.25, 0.3) is 0 Å². The molecule has 1 rings (SSSR count). The lowest BCUT2D eigenvalue weighted by atomic mass is 9.80. The van der Waals surface area contributed by atoms with Gasteiger partial charge in [-0.2, -0.15) is 0 Å². The van der Waals surface area contributed by atoms with E-state index in [1.54, 1.807) is 20.8 Å². The zero-order chi connectivity index (χ0) is 15.7. The maximum atomic E-state index is 11.1. The average Bonchev–Trinajstić information content (AvgIpc) is 2.36. The summed E-state index contributed by atoms with van der Waals surface area (Å²) < 4.78 is 0. The minimum Gasteiger partial charge on any atom is -0.258 e. The van der Waals surface area contributed by atoms with E-state index in [0.717, 1.165) is 12.1 Å². The highest BCUT2D eigenvalue weighted by Gasteiger charge is 2.38. The van der Waals surface area contributed by atoms with Crippen LogP contribution >= 0.6 is 0 Å². The van der Waals surface area contributed by atoms with Gasteiger partial charge in [0.2, 0.25) is 0 Å². The zero-order valence-electron chi connectivity index (χ0n) is 11.2. The van der Waals surface area contributed by atoms with Crippen LogP contribution in [0.5, 0.6) is 0 Å². The van der Waals surface area contributed by atoms with Crippen LogP contribution in [0.15, 0.2) is 12.1 Å². The molecule has 0 amide bonds. The van der Waals surface area contributed by atoms with Crippen LogP contribution in [0, 0.1) is 30.3 Å². The van der Waals surface area contributed by atoms with Crippen LogP contribution in [0.1, 0.15) is 32.8 Å². The van der Waals surface area contributed by atoms with Crippen molar-refractivity contribution in [3.8, 4) is 0 Å². The molecule has 0 aromatic heterocycles. The first kappa shape index (κ1) is 15.5. The van der Waals surface area contributed by atoms with Crippen molar-refractivity contribution in [2.45, 2.75) is 32.6 Å². The number of non-ortho nitro benzene ring substituents is 1. The third-order valence-corrected chi connectivity index (χ3v) is 3.25. The van der Waals surface area contributed by atoms with Crippen molar-refractivity contribution in [1.82, 2.24) is 0 Å². The van der Waals surface area contributed by atoms with Crippen LogP contribution in [-0.4, -0.2) is 14.8 Å². The lowest BCUT2D eigenvalue weighted by molar-refractivity contribution is -0.404. The first-order valence-corrected chi connectivity index (χ1v) is 5.73. The largest absolute Gasteiger partial charge is 0.286 e. The Balaban J connectivity index is 3.83. The van der Waals surface area contributed by atoms with Crippen molar-refractivity contribution in [2.24, 2.45) is 0 Å². The quantitative estimate of drug-likeness (QED) is 0.602. The van der Waals surface area contributed by atoms with Crippen molar-refractivity contribution in [3.63, 3.8) is 0 Å². The van der Waals surface area contributed by atoms with Gasteiger partial charge in [0.25, 0.3) is 17.1 Å². The number of nitro benzene ring substituents is 3. The molecule has 0 N–H and O–H groups in total. The van der Waals surface area contributed by atoms with Gasteiger partial charge in [0.15, 0.2) is 0 Å². The van der Waals surface area contributed by atoms with Crippen molar-refractivity contribution in [2.75, 3.05) is 0 Å². The molecule has 0 bridgehead atoms. The molecule has 0 aliphatic rings. The molecule has 1 aromatic carbocycles. The van der Waals surface area contributed by atoms with Gasteiger partial charge < -0.3 is 0 Å². The molecule has 0 saturated heterocycles. The van der Waals surface area contributed by atoms with Crippen LogP contribution in [-0.2, 0) is 5.41 Å². The summed E-state index contributed by atoms with van der Waals surface area (Å²) in [5, 5.41) is 32.9. The van der Waals surface area contributed by atoms with Crippen LogP contribution in [0.3, 0.4) is 0 Å². The van der Waals surface area contributed by atoms with Crippen LogP contribution < -0.4 is 0 Å². The Morgan fingerprint density at radius 1 is 0.950 bits per heavy atom. The molecule has 0 saturated carbocycles. The van der Waals surface area contributed by atoms with Gasteiger partial charge in [0, 0.05) is 5.41 Å². The fourth-order valence-electron chi connectivity index (χ4n) is 1.86. The van der Waals surface area contributed by atoms with E-state index >= 15 is 0 Å². The van der Waals surface area contributed by atoms with E-state index in [9.17, 15) is 30.3 Å². The van der Waals surface area contributed by atoms with E-state index in [4.69, 9.17) is 0 Å². The maximum Gasteiger partial charge on any atom is 0.286 e. The summed E-state index contributed by atoms with van der Waals surface area (Å²) in [6, 6.07) is 1.53. The third kappa shape index (κ3) is 2.71. The second-order valence-corrected chi connectivity index (χ2v) is 4.87. The van der Waals surface area contributed by atoms with Gasteiger partial charge in [-0.15, -0.1) is 0 Å². The molecule has 0 heterocycles. The summed E-state index contributed by atoms with van der Waals surface area (Å²) in [5.74, 6) is 0. The van der Waals surface area contributed by atoms with E-state index in [0.29, 0.717) is 6.42 Å². The molecule has 0 aliphatic carbocycles. The average molecular weight is 283 g/mol. The number of hydrogen-bond donors (Lipinski definition) is 0. The summed E-state index contributed by atoms with van der Waals surface area (Å²) >= 11 is 0. The fourth-order valence-corrected chi connectivity index (χ4v) is 1.86. The van der Waals surface area contributed by atoms with Gasteiger partial charge >= 0.3 is 0 Å². The highest BCUT2D eigenvalue weighted by molar-refractivity contribution is 5.63. The molecule has 0 spiro atoms. The maximum absolute atomic E-state index is 11.1. The highest BCUT2D eigenvalue weighted by Crippen LogP contribution is 2.42. The zero-order valence-corrected chi connectivity index (χ0v) is 11.2. The van der Waals surface area contributed by atoms with E-state index in [1.807, 2.05) is 0 Å². The van der Waals surface area contributed by atoms with E-state index in [2.05, 4.69) is 0 Å². The number of benzene rings is 1. The van der Waals surface area contributed by atoms with Gasteiger partial charge in [0.05, 0.1) is 26.9 Å². The van der Waals surface area contributed by atoms with Gasteiger partial charge in [-0.05, 0) is 6.42 Å². The molecule has 108 valence electrons. The standard InChI is InChI=1S/C11H13N3O6/c1-4-11(2,3)10-8(13(17)18)5-7(12(15)16)6-9(10)14(19)20/h5-6H,4H2,1-3H3. The number of nitrogens with zero attached hydrogens (tertiary/aromatic N) is 3. The molecule has 9 heteroatoms. The molecule has 1 aromatic rings. The van der Waals surface area contributed by atoms with Gasteiger partial charge in [0.1, 0.15) is 5.56 Å². The van der Waals surface area contributed by atoms with Crippen molar-refractivity contribution in [3.05, 3.63) is 48.0 Å². The monoisotopic (exact) mass is 283 g/mol. The molecule has 0 atom stereocenters. The number of rotatable bonds is 5. The minimum absolute atomic E-state index is 0.0967. The Morgan fingerprint density at radius 3 is 1.60 bits per heavy atom. The third-order valence-electron chi connectivity index (χ3n) is 3.25. The predicted molar refractivity (Wildman–Crippen MR) is 69.7 cm³/mol. The fraction of sp³-hybridized carbons (Fsp3) is 0.455. The van der Waals surface area contributed by atoms with E-state index in [-0.39, 0.29) is 5.56 Å². The Morgan fingerprint density at radius 2 is 1.35 bits per heavy atom. The number of nitro groups is 3. The Bertz CT molecular complexity index is 561. The lowest BCUT2D eigenvalue weighted by Gasteiger charge is -2.22. The summed E-state index contributed by atoms with van der Waals surface area (Å²) in [6.07, 6.45) is 0.409. The lowest BCUT2D eigenvalue weighted by Crippen LogP contribution is -2.20. The summed E-state index contributed by atoms with van der Waals surface area (Å²) in [5.41, 5.74) is -2.81. The summed E-state index contributed by atoms with van der Waals surface area (Å²) in [6.45, 7) is 4.97. The van der Waals surface area contributed by atoms with E-state index < -0.39 is 37.2 Å². The topological polar surface area (TPSA) is 129 Å². The molecule has 0 fully saturated rings. The summed E-state index contributed by atoms with van der Waals surface area (Å²) in [4.78, 5) is 30.4. The Labute approximate surface area is 113 Å². The molecule has 0 unspecified atom stereocenters. The molecule has 0 aliphatic heterocycles. The Hall–Kier alpha value is -2.58. The smallest absolute Gasteiger partial charge is 0.258 e. The molecule has 20 heavy (non-hydrogen) atoms. The molecular formula is C11H13N3O6. The van der Waals surface area contributed by atoms with Crippen LogP contribution in [0.4, 0.5) is 17.1 Å². The Kier molecular flexibility index (Phi) is 4.02. The first-order chi connectivity index (χ1) is 9.11. The molecule has 9 nitrogen and oxygen atoms in total. The molecular weight excluding hydrogens is 270 g/mol. The first-order valence-electron chi connectivity index (χ1n) is 5.73. The number of hydrogen-bond acceptors (Lipinski definition) is 6. The SMILES string of the molecule is CCC(C)(C)c1c([N+](=O)[O-])cc([N+](=O)[O-])cc1[N+](=O)[O-]. The second-order valence-electron chi connectivity index (χ2n) is 4.87. The van der Waals surface area contributed by atoms with Gasteiger partial charge in [-0.1, -0.05) is 20.8 Å². The van der Waals surface area contributed by atoms with Gasteiger partial charge in [-0.3, -0.25) is 30.3 Å².